The lowest BCUT2D eigenvalue weighted by molar-refractivity contribution is -0.213. The molecule has 0 radical (unpaired) electrons. The van der Waals surface area contributed by atoms with Crippen molar-refractivity contribution in [2.24, 2.45) is 5.41 Å². The van der Waals surface area contributed by atoms with Crippen LogP contribution in [0.3, 0.4) is 0 Å². The number of carboxylic acids is 1. The van der Waals surface area contributed by atoms with Crippen LogP contribution in [0.4, 0.5) is 8.78 Å². The van der Waals surface area contributed by atoms with Gasteiger partial charge in [-0.15, -0.1) is 0 Å². The minimum atomic E-state index is -1.49. The largest absolute Gasteiger partial charge is 0.507 e. The summed E-state index contributed by atoms with van der Waals surface area (Å²) in [5, 5.41) is 21.0. The van der Waals surface area contributed by atoms with E-state index >= 15 is 0 Å². The van der Waals surface area contributed by atoms with Crippen molar-refractivity contribution in [3.8, 4) is 11.4 Å². The molecule has 2 heterocycles. The van der Waals surface area contributed by atoms with Gasteiger partial charge in [-0.1, -0.05) is 19.9 Å². The Balaban J connectivity index is 1.84. The van der Waals surface area contributed by atoms with Crippen molar-refractivity contribution in [2.45, 2.75) is 37.7 Å². The zero-order valence-corrected chi connectivity index (χ0v) is 17.3. The summed E-state index contributed by atoms with van der Waals surface area (Å²) >= 11 is 0. The van der Waals surface area contributed by atoms with Crippen LogP contribution >= 0.6 is 0 Å². The molecule has 7 heteroatoms. The molecule has 1 saturated carbocycles. The minimum Gasteiger partial charge on any atom is -0.507 e. The molecule has 31 heavy (non-hydrogen) atoms. The predicted octanol–water partition coefficient (Wildman–Crippen LogP) is 4.81. The Bertz CT molecular complexity index is 1210. The van der Waals surface area contributed by atoms with Gasteiger partial charge in [-0.25, -0.2) is 8.78 Å². The van der Waals surface area contributed by atoms with E-state index in [0.717, 1.165) is 11.4 Å². The second-order valence-electron chi connectivity index (χ2n) is 9.45. The highest BCUT2D eigenvalue weighted by atomic mass is 19.1. The standard InChI is InChI=1S/C24H23F2NO4/c1-22(2)13-31-24(10-23(11-24,12-25)21(29)30)19-18-16(4-3-5-17(18)28)27(20(19)22)15-8-6-14(26)7-9-15/h3-9,28H,10-13H2,1-2H3,(H,29,30)/t23-,24+. The SMILES string of the molecule is CC1(C)CO[C@]2(C[C@@](CF)(C(=O)O)C2)c2c1n(-c1ccc(F)cc1)c1cccc(O)c12. The zero-order valence-electron chi connectivity index (χ0n) is 17.3. The minimum absolute atomic E-state index is 0.00816. The average molecular weight is 427 g/mol. The first kappa shape index (κ1) is 20.0. The van der Waals surface area contributed by atoms with Crippen molar-refractivity contribution in [3.05, 3.63) is 59.5 Å². The van der Waals surface area contributed by atoms with Crippen molar-refractivity contribution in [1.29, 1.82) is 0 Å². The Hall–Kier alpha value is -2.93. The van der Waals surface area contributed by atoms with Crippen LogP contribution in [0.2, 0.25) is 0 Å². The van der Waals surface area contributed by atoms with Gasteiger partial charge in [-0.05, 0) is 49.2 Å². The second kappa shape index (κ2) is 6.29. The lowest BCUT2D eigenvalue weighted by atomic mass is 9.55. The Labute approximate surface area is 177 Å². The number of aromatic hydroxyl groups is 1. The van der Waals surface area contributed by atoms with Gasteiger partial charge in [0.1, 0.15) is 23.7 Å². The van der Waals surface area contributed by atoms with Crippen molar-refractivity contribution in [3.63, 3.8) is 0 Å². The molecular formula is C24H23F2NO4. The van der Waals surface area contributed by atoms with Crippen molar-refractivity contribution >= 4 is 16.9 Å². The molecule has 1 aliphatic heterocycles. The molecule has 0 unspecified atom stereocenters. The van der Waals surface area contributed by atoms with Gasteiger partial charge >= 0.3 is 5.97 Å². The topological polar surface area (TPSA) is 71.7 Å². The van der Waals surface area contributed by atoms with Crippen LogP contribution in [0.25, 0.3) is 16.6 Å². The van der Waals surface area contributed by atoms with E-state index in [4.69, 9.17) is 4.74 Å². The highest BCUT2D eigenvalue weighted by Gasteiger charge is 2.65. The maximum atomic E-state index is 13.8. The zero-order chi connectivity index (χ0) is 22.2. The first-order chi connectivity index (χ1) is 14.6. The number of halogens is 2. The summed E-state index contributed by atoms with van der Waals surface area (Å²) in [6, 6.07) is 11.3. The number of phenols is 1. The fourth-order valence-corrected chi connectivity index (χ4v) is 5.35. The molecule has 3 aromatic rings. The van der Waals surface area contributed by atoms with Crippen LogP contribution < -0.4 is 0 Å². The first-order valence-corrected chi connectivity index (χ1v) is 10.2. The van der Waals surface area contributed by atoms with E-state index in [1.54, 1.807) is 24.3 Å². The van der Waals surface area contributed by atoms with Gasteiger partial charge in [0.05, 0.1) is 17.7 Å². The maximum Gasteiger partial charge on any atom is 0.312 e. The number of hydrogen-bond acceptors (Lipinski definition) is 3. The highest BCUT2D eigenvalue weighted by Crippen LogP contribution is 2.63. The average Bonchev–Trinajstić information content (AvgIpc) is 3.06. The number of aliphatic carboxylic acids is 1. The van der Waals surface area contributed by atoms with E-state index in [1.807, 2.05) is 24.5 Å². The smallest absolute Gasteiger partial charge is 0.312 e. The van der Waals surface area contributed by atoms with E-state index in [0.29, 0.717) is 23.1 Å². The van der Waals surface area contributed by atoms with Gasteiger partial charge < -0.3 is 19.5 Å². The highest BCUT2D eigenvalue weighted by molar-refractivity contribution is 5.94. The van der Waals surface area contributed by atoms with Crippen LogP contribution in [0.1, 0.15) is 37.9 Å². The number of phenolic OH excluding ortho intramolecular Hbond substituents is 1. The number of carbonyl (C=O) groups is 1. The van der Waals surface area contributed by atoms with Crippen LogP contribution in [0.5, 0.6) is 5.75 Å². The molecule has 162 valence electrons. The molecule has 1 spiro atoms. The van der Waals surface area contributed by atoms with Crippen molar-refractivity contribution in [1.82, 2.24) is 4.57 Å². The third-order valence-electron chi connectivity index (χ3n) is 6.82. The lowest BCUT2D eigenvalue weighted by Gasteiger charge is -2.56. The number of ether oxygens (including phenoxy) is 1. The first-order valence-electron chi connectivity index (χ1n) is 10.2. The molecule has 2 aromatic carbocycles. The molecule has 1 fully saturated rings. The lowest BCUT2D eigenvalue weighted by Crippen LogP contribution is -2.59. The van der Waals surface area contributed by atoms with Gasteiger partial charge in [-0.3, -0.25) is 4.79 Å². The molecule has 5 rings (SSSR count). The third kappa shape index (κ3) is 2.59. The summed E-state index contributed by atoms with van der Waals surface area (Å²) in [5.74, 6) is -1.49. The molecule has 0 amide bonds. The Kier molecular flexibility index (Phi) is 4.06. The molecule has 0 atom stereocenters. The number of aromatic nitrogens is 1. The summed E-state index contributed by atoms with van der Waals surface area (Å²) in [7, 11) is 0. The molecule has 0 saturated heterocycles. The van der Waals surface area contributed by atoms with Gasteiger partial charge in [-0.2, -0.15) is 0 Å². The second-order valence-corrected chi connectivity index (χ2v) is 9.45. The van der Waals surface area contributed by atoms with Gasteiger partial charge in [0, 0.05) is 27.7 Å². The number of carboxylic acid groups (broad SMARTS) is 1. The van der Waals surface area contributed by atoms with E-state index in [2.05, 4.69) is 0 Å². The summed E-state index contributed by atoms with van der Waals surface area (Å²) in [4.78, 5) is 11.8. The number of alkyl halides is 1. The quantitative estimate of drug-likeness (QED) is 0.629. The Morgan fingerprint density at radius 2 is 1.84 bits per heavy atom. The van der Waals surface area contributed by atoms with Crippen LogP contribution in [-0.4, -0.2) is 34.0 Å². The fourth-order valence-electron chi connectivity index (χ4n) is 5.35. The third-order valence-corrected chi connectivity index (χ3v) is 6.82. The van der Waals surface area contributed by atoms with Crippen molar-refractivity contribution < 1.29 is 28.5 Å². The summed E-state index contributed by atoms with van der Waals surface area (Å²) < 4.78 is 35.7. The number of benzene rings is 2. The van der Waals surface area contributed by atoms with E-state index in [-0.39, 0.29) is 24.4 Å². The van der Waals surface area contributed by atoms with Crippen molar-refractivity contribution in [2.75, 3.05) is 13.3 Å². The summed E-state index contributed by atoms with van der Waals surface area (Å²) in [6.45, 7) is 3.34. The van der Waals surface area contributed by atoms with E-state index in [1.165, 1.54) is 12.1 Å². The van der Waals surface area contributed by atoms with Crippen LogP contribution in [0.15, 0.2) is 42.5 Å². The predicted molar refractivity (Wildman–Crippen MR) is 111 cm³/mol. The number of fused-ring (bicyclic) bond motifs is 4. The Morgan fingerprint density at radius 3 is 2.45 bits per heavy atom. The van der Waals surface area contributed by atoms with Crippen LogP contribution in [-0.2, 0) is 20.5 Å². The molecule has 5 nitrogen and oxygen atoms in total. The van der Waals surface area contributed by atoms with E-state index in [9.17, 15) is 23.8 Å². The maximum absolute atomic E-state index is 13.8. The molecule has 0 bridgehead atoms. The monoisotopic (exact) mass is 427 g/mol. The number of nitrogens with zero attached hydrogens (tertiary/aromatic N) is 1. The molecule has 1 aromatic heterocycles. The number of rotatable bonds is 3. The Morgan fingerprint density at radius 1 is 1.16 bits per heavy atom. The van der Waals surface area contributed by atoms with Crippen LogP contribution in [0, 0.1) is 11.2 Å². The van der Waals surface area contributed by atoms with Gasteiger partial charge in [0.25, 0.3) is 0 Å². The molecular weight excluding hydrogens is 404 g/mol. The molecule has 2 N–H and O–H groups in total. The van der Waals surface area contributed by atoms with Gasteiger partial charge in [0.15, 0.2) is 0 Å². The normalized spacial score (nSPS) is 26.6. The fraction of sp³-hybridized carbons (Fsp3) is 0.375. The summed E-state index contributed by atoms with van der Waals surface area (Å²) in [6.07, 6.45) is -0.0163. The van der Waals surface area contributed by atoms with Gasteiger partial charge in [0.2, 0.25) is 0 Å². The molecule has 1 aliphatic carbocycles. The summed E-state index contributed by atoms with van der Waals surface area (Å²) in [5.41, 5.74) is 0.00879. The van der Waals surface area contributed by atoms with E-state index < -0.39 is 29.1 Å². The molecule has 2 aliphatic rings. The number of hydrogen-bond donors (Lipinski definition) is 2.